The summed E-state index contributed by atoms with van der Waals surface area (Å²) in [5, 5.41) is 15.9. The highest BCUT2D eigenvalue weighted by molar-refractivity contribution is 5.98. The second-order valence-corrected chi connectivity index (χ2v) is 6.45. The zero-order valence-electron chi connectivity index (χ0n) is 15.9. The van der Waals surface area contributed by atoms with E-state index < -0.39 is 11.0 Å². The van der Waals surface area contributed by atoms with Crippen LogP contribution in [-0.4, -0.2) is 31.0 Å². The number of likely N-dealkylation sites (N-methyl/N-ethyl adjacent to an activating group) is 1. The summed E-state index contributed by atoms with van der Waals surface area (Å²) in [4.78, 5) is 25.0. The van der Waals surface area contributed by atoms with Crippen LogP contribution in [0.2, 0.25) is 0 Å². The molecule has 0 spiro atoms. The third-order valence-corrected chi connectivity index (χ3v) is 4.75. The van der Waals surface area contributed by atoms with E-state index in [0.717, 1.165) is 16.5 Å². The normalized spacial score (nSPS) is 11.7. The van der Waals surface area contributed by atoms with E-state index in [-0.39, 0.29) is 17.3 Å². The Labute approximate surface area is 162 Å². The Kier molecular flexibility index (Phi) is 5.44. The van der Waals surface area contributed by atoms with Crippen LogP contribution in [0, 0.1) is 10.1 Å². The van der Waals surface area contributed by atoms with Crippen molar-refractivity contribution in [2.24, 2.45) is 0 Å². The van der Waals surface area contributed by atoms with Gasteiger partial charge in [0.1, 0.15) is 11.8 Å². The van der Waals surface area contributed by atoms with Gasteiger partial charge in [0, 0.05) is 18.8 Å². The molecule has 1 atom stereocenters. The molecule has 1 N–H and O–H groups in total. The van der Waals surface area contributed by atoms with E-state index in [1.807, 2.05) is 54.4 Å². The molecule has 0 unspecified atom stereocenters. The van der Waals surface area contributed by atoms with Crippen LogP contribution in [0.5, 0.6) is 5.75 Å². The molecule has 0 aliphatic carbocycles. The number of rotatable bonds is 6. The van der Waals surface area contributed by atoms with Crippen molar-refractivity contribution in [2.45, 2.75) is 13.0 Å². The average molecular weight is 379 g/mol. The Bertz CT molecular complexity index is 1040. The van der Waals surface area contributed by atoms with E-state index in [1.165, 1.54) is 25.3 Å². The predicted molar refractivity (Wildman–Crippen MR) is 110 cm³/mol. The number of nitro benzene ring substituents is 1. The van der Waals surface area contributed by atoms with Gasteiger partial charge < -0.3 is 15.0 Å². The van der Waals surface area contributed by atoms with Crippen LogP contribution >= 0.6 is 0 Å². The van der Waals surface area contributed by atoms with Crippen molar-refractivity contribution in [1.29, 1.82) is 0 Å². The Morgan fingerprint density at radius 2 is 1.82 bits per heavy atom. The van der Waals surface area contributed by atoms with E-state index in [9.17, 15) is 14.9 Å². The number of methoxy groups -OCH3 is 1. The molecule has 0 aliphatic rings. The summed E-state index contributed by atoms with van der Waals surface area (Å²) < 4.78 is 5.18. The number of hydrogen-bond acceptors (Lipinski definition) is 5. The number of amides is 1. The van der Waals surface area contributed by atoms with Gasteiger partial charge in [-0.2, -0.15) is 0 Å². The van der Waals surface area contributed by atoms with Crippen molar-refractivity contribution >= 4 is 33.7 Å². The SMILES string of the molecule is COc1cc([N+](=O)[O-])ccc1NC(=O)[C@H](C)N(C)c1ccc2ccccc2c1. The van der Waals surface area contributed by atoms with E-state index >= 15 is 0 Å². The number of hydrogen-bond donors (Lipinski definition) is 1. The van der Waals surface area contributed by atoms with Crippen LogP contribution in [0.1, 0.15) is 6.92 Å². The number of nitro groups is 1. The van der Waals surface area contributed by atoms with Gasteiger partial charge in [0.25, 0.3) is 5.69 Å². The first-order valence-corrected chi connectivity index (χ1v) is 8.75. The minimum atomic E-state index is -0.510. The highest BCUT2D eigenvalue weighted by atomic mass is 16.6. The Hall–Kier alpha value is -3.61. The zero-order chi connectivity index (χ0) is 20.3. The molecule has 0 radical (unpaired) electrons. The highest BCUT2D eigenvalue weighted by Gasteiger charge is 2.21. The van der Waals surface area contributed by atoms with Crippen molar-refractivity contribution in [1.82, 2.24) is 0 Å². The molecule has 7 heteroatoms. The molecule has 0 saturated carbocycles. The molecular formula is C21H21N3O4. The largest absolute Gasteiger partial charge is 0.494 e. The fraction of sp³-hybridized carbons (Fsp3) is 0.190. The molecule has 0 aliphatic heterocycles. The highest BCUT2D eigenvalue weighted by Crippen LogP contribution is 2.29. The summed E-state index contributed by atoms with van der Waals surface area (Å²) >= 11 is 0. The van der Waals surface area contributed by atoms with E-state index in [2.05, 4.69) is 5.32 Å². The van der Waals surface area contributed by atoms with Crippen LogP contribution in [0.3, 0.4) is 0 Å². The van der Waals surface area contributed by atoms with Crippen molar-refractivity contribution in [3.05, 3.63) is 70.8 Å². The lowest BCUT2D eigenvalue weighted by Gasteiger charge is -2.26. The van der Waals surface area contributed by atoms with Gasteiger partial charge in [-0.05, 0) is 35.9 Å². The minimum Gasteiger partial charge on any atom is -0.494 e. The first kappa shape index (κ1) is 19.2. The topological polar surface area (TPSA) is 84.7 Å². The molecule has 3 aromatic carbocycles. The van der Waals surface area contributed by atoms with Crippen LogP contribution in [0.15, 0.2) is 60.7 Å². The van der Waals surface area contributed by atoms with Crippen molar-refractivity contribution in [2.75, 3.05) is 24.4 Å². The summed E-state index contributed by atoms with van der Waals surface area (Å²) in [6.07, 6.45) is 0. The smallest absolute Gasteiger partial charge is 0.273 e. The maximum Gasteiger partial charge on any atom is 0.273 e. The summed E-state index contributed by atoms with van der Waals surface area (Å²) in [6.45, 7) is 1.79. The Morgan fingerprint density at radius 3 is 2.50 bits per heavy atom. The lowest BCUT2D eigenvalue weighted by Crippen LogP contribution is -2.39. The fourth-order valence-electron chi connectivity index (χ4n) is 2.93. The minimum absolute atomic E-state index is 0.101. The lowest BCUT2D eigenvalue weighted by molar-refractivity contribution is -0.384. The van der Waals surface area contributed by atoms with Crippen molar-refractivity contribution in [3.63, 3.8) is 0 Å². The first-order valence-electron chi connectivity index (χ1n) is 8.75. The van der Waals surface area contributed by atoms with E-state index in [0.29, 0.717) is 5.69 Å². The quantitative estimate of drug-likeness (QED) is 0.512. The zero-order valence-corrected chi connectivity index (χ0v) is 15.9. The number of benzene rings is 3. The molecule has 0 heterocycles. The molecular weight excluding hydrogens is 358 g/mol. The van der Waals surface area contributed by atoms with E-state index in [1.54, 1.807) is 6.92 Å². The third-order valence-electron chi connectivity index (χ3n) is 4.75. The number of nitrogens with zero attached hydrogens (tertiary/aromatic N) is 2. The van der Waals surface area contributed by atoms with Crippen molar-refractivity contribution < 1.29 is 14.5 Å². The van der Waals surface area contributed by atoms with Gasteiger partial charge in [-0.3, -0.25) is 14.9 Å². The maximum absolute atomic E-state index is 12.7. The van der Waals surface area contributed by atoms with Gasteiger partial charge in [-0.15, -0.1) is 0 Å². The van der Waals surface area contributed by atoms with E-state index in [4.69, 9.17) is 4.74 Å². The van der Waals surface area contributed by atoms with Crippen LogP contribution in [-0.2, 0) is 4.79 Å². The summed E-state index contributed by atoms with van der Waals surface area (Å²) in [5.74, 6) is -0.00841. The van der Waals surface area contributed by atoms with Crippen LogP contribution < -0.4 is 15.0 Å². The van der Waals surface area contributed by atoms with Gasteiger partial charge in [0.05, 0.1) is 23.8 Å². The average Bonchev–Trinajstić information content (AvgIpc) is 2.72. The predicted octanol–water partition coefficient (Wildman–Crippen LogP) is 4.22. The van der Waals surface area contributed by atoms with Gasteiger partial charge >= 0.3 is 0 Å². The number of fused-ring (bicyclic) bond motifs is 1. The second kappa shape index (κ2) is 7.96. The number of nitrogens with one attached hydrogen (secondary N) is 1. The van der Waals surface area contributed by atoms with Crippen LogP contribution in [0.4, 0.5) is 17.1 Å². The monoisotopic (exact) mass is 379 g/mol. The number of non-ortho nitro benzene ring substituents is 1. The number of anilines is 2. The molecule has 28 heavy (non-hydrogen) atoms. The van der Waals surface area contributed by atoms with Gasteiger partial charge in [0.15, 0.2) is 0 Å². The van der Waals surface area contributed by atoms with Gasteiger partial charge in [0.2, 0.25) is 5.91 Å². The molecule has 7 nitrogen and oxygen atoms in total. The number of carbonyl (C=O) groups excluding carboxylic acids is 1. The number of carbonyl (C=O) groups is 1. The molecule has 1 amide bonds. The van der Waals surface area contributed by atoms with Gasteiger partial charge in [-0.1, -0.05) is 30.3 Å². The summed E-state index contributed by atoms with van der Waals surface area (Å²) in [7, 11) is 3.25. The molecule has 3 rings (SSSR count). The third kappa shape index (κ3) is 3.88. The van der Waals surface area contributed by atoms with Crippen LogP contribution in [0.25, 0.3) is 10.8 Å². The molecule has 144 valence electrons. The standard InChI is InChI=1S/C21H21N3O4/c1-14(23(2)17-9-8-15-6-4-5-7-16(15)12-17)21(25)22-19-11-10-18(24(26)27)13-20(19)28-3/h4-14H,1-3H3,(H,22,25)/t14-/m0/s1. The Balaban J connectivity index is 1.78. The first-order chi connectivity index (χ1) is 13.4. The lowest BCUT2D eigenvalue weighted by atomic mass is 10.1. The molecule has 0 aromatic heterocycles. The Morgan fingerprint density at radius 1 is 1.11 bits per heavy atom. The second-order valence-electron chi connectivity index (χ2n) is 6.45. The summed E-state index contributed by atoms with van der Waals surface area (Å²) in [6, 6.07) is 17.7. The summed E-state index contributed by atoms with van der Waals surface area (Å²) in [5.41, 5.74) is 1.20. The molecule has 0 fully saturated rings. The molecule has 3 aromatic rings. The van der Waals surface area contributed by atoms with Crippen molar-refractivity contribution in [3.8, 4) is 5.75 Å². The molecule has 0 saturated heterocycles. The maximum atomic E-state index is 12.7. The number of ether oxygens (including phenoxy) is 1. The molecule has 0 bridgehead atoms. The fourth-order valence-corrected chi connectivity index (χ4v) is 2.93. The van der Waals surface area contributed by atoms with Gasteiger partial charge in [-0.25, -0.2) is 0 Å².